The van der Waals surface area contributed by atoms with Gasteiger partial charge in [0.25, 0.3) is 0 Å². The Labute approximate surface area is 186 Å². The van der Waals surface area contributed by atoms with E-state index >= 15 is 0 Å². The second-order valence-corrected chi connectivity index (χ2v) is 14.0. The van der Waals surface area contributed by atoms with E-state index in [0.29, 0.717) is 5.75 Å². The van der Waals surface area contributed by atoms with Gasteiger partial charge in [0.05, 0.1) is 0 Å². The van der Waals surface area contributed by atoms with Crippen molar-refractivity contribution in [2.45, 2.75) is 64.2 Å². The van der Waals surface area contributed by atoms with Gasteiger partial charge in [-0.05, 0) is 0 Å². The summed E-state index contributed by atoms with van der Waals surface area (Å²) in [6.45, 7) is 6.97. The van der Waals surface area contributed by atoms with Gasteiger partial charge in [0.15, 0.2) is 0 Å². The van der Waals surface area contributed by atoms with Crippen LogP contribution in [0.5, 0.6) is 5.75 Å². The van der Waals surface area contributed by atoms with E-state index in [4.69, 9.17) is 24.1 Å². The summed E-state index contributed by atoms with van der Waals surface area (Å²) in [4.78, 5) is 15.0. The minimum absolute atomic E-state index is 0.00597. The number of aliphatic hydroxyl groups excluding tert-OH is 1. The predicted molar refractivity (Wildman–Crippen MR) is 107 cm³/mol. The van der Waals surface area contributed by atoms with Crippen LogP contribution in [0.1, 0.15) is 27.7 Å². The Kier molecular flexibility index (Phi) is 9.51. The number of hydrogen-bond acceptors (Lipinski definition) is 8. The molecule has 1 aromatic rings. The van der Waals surface area contributed by atoms with Crippen molar-refractivity contribution in [3.8, 4) is 5.75 Å². The van der Waals surface area contributed by atoms with E-state index < -0.39 is 41.9 Å². The third-order valence-electron chi connectivity index (χ3n) is 4.22. The molecule has 0 aliphatic carbocycles. The van der Waals surface area contributed by atoms with Crippen LogP contribution in [0.3, 0.4) is 0 Å². The zero-order valence-corrected chi connectivity index (χ0v) is 21.1. The summed E-state index contributed by atoms with van der Waals surface area (Å²) in [5, 5.41) is 17.2. The van der Waals surface area contributed by atoms with Gasteiger partial charge >= 0.3 is 186 Å². The fourth-order valence-corrected chi connectivity index (χ4v) is 7.59. The first-order chi connectivity index (χ1) is 14.1. The Morgan fingerprint density at radius 1 is 1.40 bits per heavy atom. The van der Waals surface area contributed by atoms with Crippen molar-refractivity contribution in [2.75, 3.05) is 6.61 Å². The first-order valence-corrected chi connectivity index (χ1v) is 15.0. The molecular weight excluding hydrogens is 583 g/mol. The molecule has 0 saturated carbocycles. The van der Waals surface area contributed by atoms with Crippen molar-refractivity contribution in [3.05, 3.63) is 40.8 Å². The Hall–Kier alpha value is -1.24. The third-order valence-corrected chi connectivity index (χ3v) is 8.94. The molecule has 12 heteroatoms. The van der Waals surface area contributed by atoms with Crippen LogP contribution < -0.4 is 9.61 Å². The summed E-state index contributed by atoms with van der Waals surface area (Å²) in [6, 6.07) is 7.77. The summed E-state index contributed by atoms with van der Waals surface area (Å²) in [5.41, 5.74) is 5.94. The van der Waals surface area contributed by atoms with Crippen LogP contribution in [0.25, 0.3) is 10.4 Å². The van der Waals surface area contributed by atoms with Crippen LogP contribution in [0, 0.1) is 0 Å². The van der Waals surface area contributed by atoms with E-state index in [1.54, 1.807) is 39.8 Å². The van der Waals surface area contributed by atoms with Gasteiger partial charge in [-0.1, -0.05) is 0 Å². The molecule has 2 unspecified atom stereocenters. The number of nitrogens with one attached hydrogen (secondary N) is 1. The van der Waals surface area contributed by atoms with Crippen molar-refractivity contribution < 1.29 is 47.2 Å². The van der Waals surface area contributed by atoms with Crippen LogP contribution in [0.2, 0.25) is 0 Å². The summed E-state index contributed by atoms with van der Waals surface area (Å²) in [5.74, 6) is 0.177. The monoisotopic (exact) mass is 610 g/mol. The molecule has 1 aromatic carbocycles. The van der Waals surface area contributed by atoms with E-state index in [0.717, 1.165) is 18.8 Å². The maximum atomic E-state index is 12.3. The predicted octanol–water partition coefficient (Wildman–Crippen LogP) is 3.06. The minimum atomic E-state index is -2.74. The molecule has 1 heterocycles. The molecule has 166 valence electrons. The summed E-state index contributed by atoms with van der Waals surface area (Å²) in [7, 11) is 0. The van der Waals surface area contributed by atoms with E-state index in [2.05, 4.69) is 15.1 Å². The van der Waals surface area contributed by atoms with Crippen molar-refractivity contribution >= 4 is 11.5 Å². The molecule has 10 nitrogen and oxygen atoms in total. The maximum absolute atomic E-state index is 12.3. The van der Waals surface area contributed by atoms with Crippen molar-refractivity contribution in [3.63, 3.8) is 0 Å². The number of benzene rings is 1. The van der Waals surface area contributed by atoms with Gasteiger partial charge in [0, 0.05) is 0 Å². The second-order valence-electron chi connectivity index (χ2n) is 7.10. The molecule has 0 spiro atoms. The molecule has 1 saturated heterocycles. The van der Waals surface area contributed by atoms with Crippen molar-refractivity contribution in [2.24, 2.45) is 5.11 Å². The average Bonchev–Trinajstić information content (AvgIpc) is 2.94. The number of ether oxygens (including phenoxy) is 2. The first-order valence-electron chi connectivity index (χ1n) is 9.50. The quantitative estimate of drug-likeness (QED) is 0.137. The number of nitrogens with zero attached hydrogens (tertiary/aromatic N) is 3. The number of carbonyl (C=O) groups is 1. The number of carbonyl (C=O) groups excluding carboxylic acids is 1. The van der Waals surface area contributed by atoms with E-state index in [-0.39, 0.29) is 12.7 Å². The molecule has 0 bridgehead atoms. The Morgan fingerprint density at radius 2 is 2.07 bits per heavy atom. The summed E-state index contributed by atoms with van der Waals surface area (Å²) >= 11 is 0.956. The fourth-order valence-electron chi connectivity index (χ4n) is 2.80. The molecule has 30 heavy (non-hydrogen) atoms. The van der Waals surface area contributed by atoms with E-state index in [9.17, 15) is 9.90 Å². The third kappa shape index (κ3) is 7.17. The molecule has 1 aliphatic heterocycles. The van der Waals surface area contributed by atoms with Gasteiger partial charge in [-0.2, -0.15) is 0 Å². The Morgan fingerprint density at radius 3 is 2.67 bits per heavy atom. The van der Waals surface area contributed by atoms with E-state index in [1.807, 2.05) is 18.2 Å². The topological polar surface area (TPSA) is 135 Å². The molecule has 1 aliphatic rings. The number of hydrogen-bond donors (Lipinski definition) is 2. The van der Waals surface area contributed by atoms with Gasteiger partial charge in [0.2, 0.25) is 0 Å². The van der Waals surface area contributed by atoms with Gasteiger partial charge in [0.1, 0.15) is 0 Å². The van der Waals surface area contributed by atoms with Crippen LogP contribution in [-0.2, 0) is 37.6 Å². The van der Waals surface area contributed by atoms with Gasteiger partial charge in [-0.15, -0.1) is 0 Å². The van der Waals surface area contributed by atoms with Crippen molar-refractivity contribution in [1.82, 2.24) is 5.09 Å². The molecule has 0 aromatic heterocycles. The number of para-hydroxylation sites is 1. The molecule has 2 N–H and O–H groups in total. The fraction of sp³-hybridized carbons (Fsp3) is 0.611. The number of esters is 1. The summed E-state index contributed by atoms with van der Waals surface area (Å²) in [6.07, 6.45) is -2.37. The molecule has 1 fully saturated rings. The van der Waals surface area contributed by atoms with Gasteiger partial charge < -0.3 is 0 Å². The normalized spacial score (nSPS) is 26.5. The zero-order chi connectivity index (χ0) is 22.3. The van der Waals surface area contributed by atoms with Crippen molar-refractivity contribution in [1.29, 1.82) is 0 Å². The number of rotatable bonds is 10. The van der Waals surface area contributed by atoms with Crippen LogP contribution in [0.15, 0.2) is 35.4 Å². The Balaban J connectivity index is 2.12. The Bertz CT molecular complexity index is 807. The summed E-state index contributed by atoms with van der Waals surface area (Å²) < 4.78 is 23.2. The average molecular weight is 610 g/mol. The molecule has 0 radical (unpaired) electrons. The molecule has 0 amide bonds. The standard InChI is InChI=1S/C18H27N4O6P.W/c1-11(2)26-18(24)12(3)21-29(28-14-8-6-5-7-9-14)25-10-15-17(23)16(20-22-19)13(4)27-15;/h5-9,11-13,15-17,21,23H,10H2,1-4H3;/t12?,13-,15+,16-,17+,29?;/m0./s1. The van der Waals surface area contributed by atoms with E-state index in [1.165, 1.54) is 0 Å². The van der Waals surface area contributed by atoms with Gasteiger partial charge in [-0.25, -0.2) is 0 Å². The van der Waals surface area contributed by atoms with Gasteiger partial charge in [-0.3, -0.25) is 0 Å². The molecule has 2 rings (SSSR count). The first kappa shape index (κ1) is 25.0. The van der Waals surface area contributed by atoms with Crippen LogP contribution in [0.4, 0.5) is 0 Å². The SMILES string of the molecule is CC(C)OC(=O)C(C)N[P](=[W])(OC[C@H]1O[C@@H](C)[C@H](N=[N+]=[N-])[C@@H]1O)Oc1ccccc1. The van der Waals surface area contributed by atoms with Crippen LogP contribution >= 0.6 is 5.50 Å². The second kappa shape index (κ2) is 11.4. The molecule has 6 atom stereocenters. The number of azide groups is 1. The molecular formula is C18H27N4O6PW. The van der Waals surface area contributed by atoms with Crippen LogP contribution in [-0.4, -0.2) is 54.2 Å². The zero-order valence-electron chi connectivity index (χ0n) is 17.2. The number of aliphatic hydroxyl groups is 1.